The van der Waals surface area contributed by atoms with E-state index in [1.54, 1.807) is 12.1 Å². The van der Waals surface area contributed by atoms with Crippen LogP contribution < -0.4 is 15.5 Å². The van der Waals surface area contributed by atoms with Gasteiger partial charge in [-0.15, -0.1) is 0 Å². The Morgan fingerprint density at radius 3 is 2.63 bits per heavy atom. The molecule has 0 aliphatic carbocycles. The molecule has 4 aliphatic rings. The predicted octanol–water partition coefficient (Wildman–Crippen LogP) is 2.67. The normalized spacial score (nSPS) is 25.5. The molecule has 1 spiro atoms. The molecule has 2 aromatic rings. The molecule has 11 heteroatoms. The first-order valence-corrected chi connectivity index (χ1v) is 14.5. The van der Waals surface area contributed by atoms with Crippen molar-refractivity contribution in [3.63, 3.8) is 0 Å². The average molecular weight is 588 g/mol. The number of likely N-dealkylation sites (tertiary alicyclic amines) is 1. The van der Waals surface area contributed by atoms with Crippen LogP contribution in [0.4, 0.5) is 15.8 Å². The molecule has 0 saturated carbocycles. The van der Waals surface area contributed by atoms with E-state index in [1.165, 1.54) is 21.9 Å². The Bertz CT molecular complexity index is 1560. The van der Waals surface area contributed by atoms with Crippen molar-refractivity contribution in [2.75, 3.05) is 30.0 Å². The number of halogens is 1. The zero-order valence-corrected chi connectivity index (χ0v) is 24.4. The molecular weight excluding hydrogens is 553 g/mol. The fourth-order valence-corrected chi connectivity index (χ4v) is 6.69. The van der Waals surface area contributed by atoms with Crippen LogP contribution in [-0.2, 0) is 35.8 Å². The van der Waals surface area contributed by atoms with Gasteiger partial charge < -0.3 is 20.3 Å². The summed E-state index contributed by atoms with van der Waals surface area (Å²) in [6, 6.07) is 10.5. The molecule has 2 aromatic carbocycles. The average Bonchev–Trinajstić information content (AvgIpc) is 3.44. The predicted molar refractivity (Wildman–Crippen MR) is 154 cm³/mol. The van der Waals surface area contributed by atoms with Crippen molar-refractivity contribution in [2.45, 2.75) is 63.6 Å². The fraction of sp³-hybridized carbons (Fsp3) is 0.469. The van der Waals surface area contributed by atoms with Gasteiger partial charge in [-0.1, -0.05) is 45.0 Å². The SMILES string of the molecule is CC(C)(C)C[C@@H](C(=O)N1C[C@]2(C[C@H]1C#N)C(=O)Nc1ccccc12)N1C(=O)[C@@H](NC(=O)C2COC2)Cc2ccc(F)cc21. The van der Waals surface area contributed by atoms with Gasteiger partial charge in [0.05, 0.1) is 36.3 Å². The number of hydrogen-bond acceptors (Lipinski definition) is 6. The van der Waals surface area contributed by atoms with Crippen molar-refractivity contribution in [3.05, 3.63) is 59.4 Å². The van der Waals surface area contributed by atoms with Gasteiger partial charge in [0.1, 0.15) is 23.9 Å². The van der Waals surface area contributed by atoms with Gasteiger partial charge in [0.2, 0.25) is 17.7 Å². The van der Waals surface area contributed by atoms with Gasteiger partial charge in [0.25, 0.3) is 5.91 Å². The van der Waals surface area contributed by atoms with Crippen LogP contribution in [0.25, 0.3) is 0 Å². The lowest BCUT2D eigenvalue weighted by Gasteiger charge is -2.42. The number of para-hydroxylation sites is 1. The molecular formula is C32H34FN5O5. The monoisotopic (exact) mass is 587 g/mol. The van der Waals surface area contributed by atoms with Crippen LogP contribution in [0, 0.1) is 28.5 Å². The maximum absolute atomic E-state index is 14.7. The van der Waals surface area contributed by atoms with Gasteiger partial charge in [-0.3, -0.25) is 24.1 Å². The topological polar surface area (TPSA) is 132 Å². The standard InChI is InChI=1S/C32H34FN5O5/c1-31(2,3)13-26(29(41)37-17-32(12-21(37)14-34)22-6-4-5-7-23(22)36-30(32)42)38-25-11-20(33)9-8-18(25)10-24(28(38)40)35-27(39)19-15-43-16-19/h4-9,11,19,21,24,26H,10,12-13,15-17H2,1-3H3,(H,35,39)(H,36,42)/t21-,24-,26-,32-/m0/s1. The number of amides is 4. The molecule has 2 N–H and O–H groups in total. The molecule has 4 atom stereocenters. The second-order valence-electron chi connectivity index (χ2n) is 13.2. The van der Waals surface area contributed by atoms with Crippen LogP contribution in [0.1, 0.15) is 44.7 Å². The molecule has 10 nitrogen and oxygen atoms in total. The van der Waals surface area contributed by atoms with Gasteiger partial charge in [-0.25, -0.2) is 4.39 Å². The Morgan fingerprint density at radius 1 is 1.21 bits per heavy atom. The van der Waals surface area contributed by atoms with Crippen molar-refractivity contribution in [3.8, 4) is 6.07 Å². The Hall–Kier alpha value is -4.30. The molecule has 0 aromatic heterocycles. The summed E-state index contributed by atoms with van der Waals surface area (Å²) in [7, 11) is 0. The molecule has 2 fully saturated rings. The minimum Gasteiger partial charge on any atom is -0.380 e. The summed E-state index contributed by atoms with van der Waals surface area (Å²) in [6.45, 7) is 6.29. The number of nitriles is 1. The zero-order valence-electron chi connectivity index (χ0n) is 24.4. The number of anilines is 2. The number of nitrogens with one attached hydrogen (secondary N) is 2. The van der Waals surface area contributed by atoms with Crippen molar-refractivity contribution < 1.29 is 28.3 Å². The van der Waals surface area contributed by atoms with Crippen LogP contribution in [0.15, 0.2) is 42.5 Å². The number of rotatable bonds is 5. The number of ether oxygens (including phenoxy) is 1. The van der Waals surface area contributed by atoms with Crippen molar-refractivity contribution in [1.82, 2.24) is 10.2 Å². The highest BCUT2D eigenvalue weighted by Crippen LogP contribution is 2.47. The minimum absolute atomic E-state index is 0.0343. The molecule has 6 rings (SSSR count). The molecule has 4 aliphatic heterocycles. The summed E-state index contributed by atoms with van der Waals surface area (Å²) in [6.07, 6.45) is 0.446. The Labute approximate surface area is 249 Å². The van der Waals surface area contributed by atoms with Gasteiger partial charge in [0, 0.05) is 25.1 Å². The molecule has 224 valence electrons. The first-order chi connectivity index (χ1) is 20.4. The van der Waals surface area contributed by atoms with Gasteiger partial charge in [0.15, 0.2) is 0 Å². The van der Waals surface area contributed by atoms with E-state index in [2.05, 4.69) is 16.7 Å². The largest absolute Gasteiger partial charge is 0.380 e. The number of benzene rings is 2. The van der Waals surface area contributed by atoms with E-state index in [0.717, 1.165) is 5.56 Å². The summed E-state index contributed by atoms with van der Waals surface area (Å²) >= 11 is 0. The molecule has 2 saturated heterocycles. The Kier molecular flexibility index (Phi) is 7.00. The molecule has 4 heterocycles. The van der Waals surface area contributed by atoms with Gasteiger partial charge in [-0.05, 0) is 41.2 Å². The van der Waals surface area contributed by atoms with E-state index in [4.69, 9.17) is 4.74 Å². The minimum atomic E-state index is -1.12. The highest BCUT2D eigenvalue weighted by molar-refractivity contribution is 6.09. The zero-order chi connectivity index (χ0) is 30.7. The molecule has 0 bridgehead atoms. The van der Waals surface area contributed by atoms with Crippen LogP contribution in [0.5, 0.6) is 0 Å². The van der Waals surface area contributed by atoms with Crippen LogP contribution in [-0.4, -0.2) is 66.4 Å². The number of fused-ring (bicyclic) bond motifs is 3. The number of nitrogens with zero attached hydrogens (tertiary/aromatic N) is 3. The third-order valence-corrected chi connectivity index (χ3v) is 8.91. The lowest BCUT2D eigenvalue weighted by Crippen LogP contribution is -2.61. The first-order valence-electron chi connectivity index (χ1n) is 14.5. The third-order valence-electron chi connectivity index (χ3n) is 8.91. The van der Waals surface area contributed by atoms with E-state index < -0.39 is 46.6 Å². The number of hydrogen-bond donors (Lipinski definition) is 2. The Morgan fingerprint density at radius 2 is 1.95 bits per heavy atom. The van der Waals surface area contributed by atoms with E-state index in [0.29, 0.717) is 11.3 Å². The molecule has 43 heavy (non-hydrogen) atoms. The smallest absolute Gasteiger partial charge is 0.250 e. The number of carbonyl (C=O) groups is 4. The van der Waals surface area contributed by atoms with Gasteiger partial charge in [-0.2, -0.15) is 5.26 Å². The summed E-state index contributed by atoms with van der Waals surface area (Å²) in [5.74, 6) is -2.55. The van der Waals surface area contributed by atoms with Crippen LogP contribution in [0.2, 0.25) is 0 Å². The van der Waals surface area contributed by atoms with Crippen molar-refractivity contribution >= 4 is 35.0 Å². The third kappa shape index (κ3) is 4.93. The fourth-order valence-electron chi connectivity index (χ4n) is 6.69. The molecule has 0 unspecified atom stereocenters. The second-order valence-corrected chi connectivity index (χ2v) is 13.2. The summed E-state index contributed by atoms with van der Waals surface area (Å²) < 4.78 is 19.8. The lowest BCUT2D eigenvalue weighted by molar-refractivity contribution is -0.142. The van der Waals surface area contributed by atoms with E-state index in [1.807, 2.05) is 39.0 Å². The summed E-state index contributed by atoms with van der Waals surface area (Å²) in [5.41, 5.74) is 0.682. The Balaban J connectivity index is 1.39. The molecule has 4 amide bonds. The van der Waals surface area contributed by atoms with E-state index >= 15 is 0 Å². The molecule has 0 radical (unpaired) electrons. The van der Waals surface area contributed by atoms with Crippen molar-refractivity contribution in [1.29, 1.82) is 5.26 Å². The maximum atomic E-state index is 14.7. The van der Waals surface area contributed by atoms with Crippen molar-refractivity contribution in [2.24, 2.45) is 11.3 Å². The highest BCUT2D eigenvalue weighted by Gasteiger charge is 2.57. The quantitative estimate of drug-likeness (QED) is 0.553. The second kappa shape index (κ2) is 10.5. The first kappa shape index (κ1) is 28.8. The summed E-state index contributed by atoms with van der Waals surface area (Å²) in [4.78, 5) is 57.7. The van der Waals surface area contributed by atoms with Gasteiger partial charge >= 0.3 is 0 Å². The van der Waals surface area contributed by atoms with E-state index in [-0.39, 0.29) is 62.4 Å². The van der Waals surface area contributed by atoms with Crippen LogP contribution >= 0.6 is 0 Å². The maximum Gasteiger partial charge on any atom is 0.250 e. The summed E-state index contributed by atoms with van der Waals surface area (Å²) in [5, 5.41) is 15.9. The number of carbonyl (C=O) groups excluding carboxylic acids is 4. The van der Waals surface area contributed by atoms with Crippen LogP contribution in [0.3, 0.4) is 0 Å². The lowest BCUT2D eigenvalue weighted by atomic mass is 9.80. The van der Waals surface area contributed by atoms with E-state index in [9.17, 15) is 28.8 Å². The highest BCUT2D eigenvalue weighted by atomic mass is 19.1.